The van der Waals surface area contributed by atoms with Gasteiger partial charge in [0.2, 0.25) is 0 Å². The van der Waals surface area contributed by atoms with Crippen molar-refractivity contribution >= 4 is 23.5 Å². The second-order valence-electron chi connectivity index (χ2n) is 8.55. The van der Waals surface area contributed by atoms with Gasteiger partial charge in [0.25, 0.3) is 5.91 Å². The van der Waals surface area contributed by atoms with Crippen LogP contribution in [0, 0.1) is 0 Å². The Morgan fingerprint density at radius 2 is 1.97 bits per heavy atom. The number of H-pyrrole nitrogens is 1. The minimum Gasteiger partial charge on any atom is -0.376 e. The number of aromatic nitrogens is 3. The number of ether oxygens (including phenoxy) is 1. The number of carbonyl (C=O) groups excluding carboxylic acids is 2. The Kier molecular flexibility index (Phi) is 6.64. The number of Topliss-reactive ketones (excluding diaryl/α,β-unsaturated/α-hetero) is 1. The third kappa shape index (κ3) is 4.91. The van der Waals surface area contributed by atoms with E-state index in [4.69, 9.17) is 4.74 Å². The minimum absolute atomic E-state index is 0.0235. The Hall–Kier alpha value is -2.84. The van der Waals surface area contributed by atoms with Crippen molar-refractivity contribution in [2.45, 2.75) is 43.5 Å². The van der Waals surface area contributed by atoms with E-state index in [0.717, 1.165) is 68.3 Å². The van der Waals surface area contributed by atoms with Crippen molar-refractivity contribution in [2.24, 2.45) is 0 Å². The number of thioether (sulfide) groups is 1. The van der Waals surface area contributed by atoms with Gasteiger partial charge in [0, 0.05) is 31.5 Å². The molecule has 1 atom stereocenters. The van der Waals surface area contributed by atoms with Crippen LogP contribution in [0.1, 0.15) is 46.5 Å². The van der Waals surface area contributed by atoms with E-state index in [2.05, 4.69) is 26.7 Å². The summed E-state index contributed by atoms with van der Waals surface area (Å²) < 4.78 is 8.04. The summed E-state index contributed by atoms with van der Waals surface area (Å²) in [5.41, 5.74) is 3.14. The van der Waals surface area contributed by atoms with Crippen LogP contribution in [0.15, 0.2) is 53.9 Å². The molecule has 0 bridgehead atoms. The van der Waals surface area contributed by atoms with Crippen LogP contribution in [0.4, 0.5) is 0 Å². The first-order valence-electron chi connectivity index (χ1n) is 11.6. The van der Waals surface area contributed by atoms with Crippen LogP contribution in [-0.2, 0) is 11.3 Å². The number of rotatable bonds is 8. The number of nitrogens with zero attached hydrogens (tertiary/aromatic N) is 3. The van der Waals surface area contributed by atoms with Crippen LogP contribution in [0.5, 0.6) is 0 Å². The molecule has 2 saturated heterocycles. The summed E-state index contributed by atoms with van der Waals surface area (Å²) >= 11 is 1.43. The molecule has 0 radical (unpaired) electrons. The fourth-order valence-corrected chi connectivity index (χ4v) is 5.35. The molecule has 172 valence electrons. The molecule has 0 saturated carbocycles. The molecule has 33 heavy (non-hydrogen) atoms. The van der Waals surface area contributed by atoms with Crippen molar-refractivity contribution in [3.63, 3.8) is 0 Å². The molecule has 0 spiro atoms. The van der Waals surface area contributed by atoms with E-state index in [1.807, 2.05) is 29.3 Å². The number of nitrogens with one attached hydrogen (secondary N) is 1. The number of imidazole rings is 1. The second-order valence-corrected chi connectivity index (χ2v) is 9.49. The van der Waals surface area contributed by atoms with E-state index in [0.29, 0.717) is 11.3 Å². The third-order valence-corrected chi connectivity index (χ3v) is 7.25. The molecular weight excluding hydrogens is 436 g/mol. The molecule has 2 aromatic heterocycles. The zero-order valence-electron chi connectivity index (χ0n) is 18.5. The van der Waals surface area contributed by atoms with Crippen LogP contribution < -0.4 is 0 Å². The number of benzene rings is 1. The van der Waals surface area contributed by atoms with E-state index in [1.54, 1.807) is 12.3 Å². The second kappa shape index (κ2) is 9.97. The molecule has 2 fully saturated rings. The molecule has 1 N–H and O–H groups in total. The van der Waals surface area contributed by atoms with Gasteiger partial charge in [0.1, 0.15) is 5.69 Å². The summed E-state index contributed by atoms with van der Waals surface area (Å²) in [4.78, 5) is 34.9. The zero-order chi connectivity index (χ0) is 22.6. The quantitative estimate of drug-likeness (QED) is 0.398. The predicted molar refractivity (Wildman–Crippen MR) is 128 cm³/mol. The molecule has 8 heteroatoms. The van der Waals surface area contributed by atoms with Crippen molar-refractivity contribution in [2.75, 3.05) is 25.4 Å². The highest BCUT2D eigenvalue weighted by molar-refractivity contribution is 7.99. The topological polar surface area (TPSA) is 80.2 Å². The average Bonchev–Trinajstić information content (AvgIpc) is 3.66. The fraction of sp³-hybridized carbons (Fsp3) is 0.400. The summed E-state index contributed by atoms with van der Waals surface area (Å²) in [6.45, 7) is 3.09. The van der Waals surface area contributed by atoms with E-state index in [1.165, 1.54) is 11.8 Å². The monoisotopic (exact) mass is 464 g/mol. The lowest BCUT2D eigenvalue weighted by Crippen LogP contribution is -2.27. The molecule has 1 aromatic carbocycles. The Morgan fingerprint density at radius 3 is 2.73 bits per heavy atom. The van der Waals surface area contributed by atoms with Crippen LogP contribution in [0.25, 0.3) is 11.3 Å². The van der Waals surface area contributed by atoms with Gasteiger partial charge in [-0.25, -0.2) is 4.98 Å². The largest absolute Gasteiger partial charge is 0.376 e. The van der Waals surface area contributed by atoms with Gasteiger partial charge in [-0.05, 0) is 37.3 Å². The first kappa shape index (κ1) is 22.0. The molecular formula is C25H28N4O3S. The van der Waals surface area contributed by atoms with E-state index in [9.17, 15) is 9.59 Å². The summed E-state index contributed by atoms with van der Waals surface area (Å²) in [5.74, 6) is 0.204. The third-order valence-electron chi connectivity index (χ3n) is 6.26. The summed E-state index contributed by atoms with van der Waals surface area (Å²) in [6.07, 6.45) is 7.87. The molecule has 5 rings (SSSR count). The number of likely N-dealkylation sites (tertiary alicyclic amines) is 1. The van der Waals surface area contributed by atoms with Gasteiger partial charge in [-0.3, -0.25) is 9.59 Å². The molecule has 4 heterocycles. The first-order valence-corrected chi connectivity index (χ1v) is 12.5. The molecule has 0 aliphatic carbocycles. The van der Waals surface area contributed by atoms with Crippen molar-refractivity contribution < 1.29 is 14.3 Å². The molecule has 2 aliphatic heterocycles. The average molecular weight is 465 g/mol. The van der Waals surface area contributed by atoms with Gasteiger partial charge in [-0.2, -0.15) is 0 Å². The lowest BCUT2D eigenvalue weighted by atomic mass is 10.1. The number of amides is 1. The normalized spacial score (nSPS) is 18.2. The molecule has 1 unspecified atom stereocenters. The maximum Gasteiger partial charge on any atom is 0.270 e. The Balaban J connectivity index is 1.29. The lowest BCUT2D eigenvalue weighted by Gasteiger charge is -2.16. The van der Waals surface area contributed by atoms with Crippen LogP contribution in [-0.4, -0.2) is 62.7 Å². The number of aromatic amines is 1. The van der Waals surface area contributed by atoms with Gasteiger partial charge in [0.05, 0.1) is 30.3 Å². The Morgan fingerprint density at radius 1 is 1.15 bits per heavy atom. The van der Waals surface area contributed by atoms with Crippen molar-refractivity contribution in [3.05, 3.63) is 60.0 Å². The summed E-state index contributed by atoms with van der Waals surface area (Å²) in [7, 11) is 0. The number of ketones is 1. The SMILES string of the molecule is O=C(CSc1ncc(-c2ccccc2)n1CC1CCCO1)c1c[nH]c(C(=O)N2CCCC2)c1. The van der Waals surface area contributed by atoms with Crippen LogP contribution in [0.3, 0.4) is 0 Å². The fourth-order valence-electron chi connectivity index (χ4n) is 4.46. The van der Waals surface area contributed by atoms with Crippen molar-refractivity contribution in [1.82, 2.24) is 19.4 Å². The Labute approximate surface area is 197 Å². The first-order chi connectivity index (χ1) is 16.2. The molecule has 2 aliphatic rings. The van der Waals surface area contributed by atoms with Crippen molar-refractivity contribution in [3.8, 4) is 11.3 Å². The van der Waals surface area contributed by atoms with E-state index >= 15 is 0 Å². The van der Waals surface area contributed by atoms with Crippen LogP contribution >= 0.6 is 11.8 Å². The Bertz CT molecular complexity index is 1110. The predicted octanol–water partition coefficient (Wildman–Crippen LogP) is 4.27. The minimum atomic E-state index is -0.0289. The number of hydrogen-bond acceptors (Lipinski definition) is 5. The van der Waals surface area contributed by atoms with Gasteiger partial charge in [0.15, 0.2) is 10.9 Å². The highest BCUT2D eigenvalue weighted by atomic mass is 32.2. The number of carbonyl (C=O) groups is 2. The highest BCUT2D eigenvalue weighted by Gasteiger charge is 2.23. The summed E-state index contributed by atoms with van der Waals surface area (Å²) in [6, 6.07) is 11.8. The van der Waals surface area contributed by atoms with E-state index < -0.39 is 0 Å². The van der Waals surface area contributed by atoms with Gasteiger partial charge in [-0.15, -0.1) is 0 Å². The molecule has 3 aromatic rings. The van der Waals surface area contributed by atoms with Gasteiger partial charge in [-0.1, -0.05) is 42.1 Å². The smallest absolute Gasteiger partial charge is 0.270 e. The van der Waals surface area contributed by atoms with Gasteiger partial charge >= 0.3 is 0 Å². The zero-order valence-corrected chi connectivity index (χ0v) is 19.4. The van der Waals surface area contributed by atoms with Crippen LogP contribution in [0.2, 0.25) is 0 Å². The maximum atomic E-state index is 12.9. The summed E-state index contributed by atoms with van der Waals surface area (Å²) in [5, 5.41) is 0.807. The standard InChI is InChI=1S/C25H28N4O3S/c30-23(19-13-21(26-14-19)24(31)28-10-4-5-11-28)17-33-25-27-15-22(18-7-2-1-3-8-18)29(25)16-20-9-6-12-32-20/h1-3,7-8,13-15,20,26H,4-6,9-12,16-17H2. The molecule has 7 nitrogen and oxygen atoms in total. The highest BCUT2D eigenvalue weighted by Crippen LogP contribution is 2.29. The molecule has 1 amide bonds. The lowest BCUT2D eigenvalue weighted by molar-refractivity contribution is 0.0787. The maximum absolute atomic E-state index is 12.9. The van der Waals surface area contributed by atoms with Crippen molar-refractivity contribution in [1.29, 1.82) is 0 Å². The van der Waals surface area contributed by atoms with E-state index in [-0.39, 0.29) is 23.5 Å². The number of hydrogen-bond donors (Lipinski definition) is 1. The van der Waals surface area contributed by atoms with Gasteiger partial charge < -0.3 is 19.2 Å².